The van der Waals surface area contributed by atoms with Crippen molar-refractivity contribution in [2.75, 3.05) is 19.6 Å². The molecular weight excluding hydrogens is 200 g/mol. The van der Waals surface area contributed by atoms with E-state index in [1.807, 2.05) is 11.8 Å². The summed E-state index contributed by atoms with van der Waals surface area (Å²) in [7, 11) is 0. The number of piperidine rings is 1. The Morgan fingerprint density at radius 1 is 1.44 bits per heavy atom. The molecule has 0 radical (unpaired) electrons. The van der Waals surface area contributed by atoms with E-state index < -0.39 is 0 Å². The van der Waals surface area contributed by atoms with Crippen molar-refractivity contribution in [2.24, 2.45) is 29.4 Å². The molecule has 1 aliphatic heterocycles. The van der Waals surface area contributed by atoms with Crippen LogP contribution in [-0.2, 0) is 4.79 Å². The molecule has 94 valence electrons. The largest absolute Gasteiger partial charge is 0.342 e. The van der Waals surface area contributed by atoms with E-state index in [1.165, 1.54) is 0 Å². The smallest absolute Gasteiger partial charge is 0.225 e. The van der Waals surface area contributed by atoms with Crippen molar-refractivity contribution in [1.82, 2.24) is 4.90 Å². The first-order valence-corrected chi connectivity index (χ1v) is 6.46. The third kappa shape index (κ3) is 2.97. The summed E-state index contributed by atoms with van der Waals surface area (Å²) in [5.74, 6) is 2.00. The van der Waals surface area contributed by atoms with E-state index in [4.69, 9.17) is 5.73 Å². The van der Waals surface area contributed by atoms with Gasteiger partial charge in [-0.15, -0.1) is 0 Å². The van der Waals surface area contributed by atoms with Gasteiger partial charge in [-0.3, -0.25) is 4.79 Å². The molecule has 0 saturated carbocycles. The number of amides is 1. The van der Waals surface area contributed by atoms with Crippen LogP contribution in [-0.4, -0.2) is 30.4 Å². The summed E-state index contributed by atoms with van der Waals surface area (Å²) in [4.78, 5) is 14.2. The van der Waals surface area contributed by atoms with Crippen LogP contribution in [0.2, 0.25) is 0 Å². The van der Waals surface area contributed by atoms with E-state index in [-0.39, 0.29) is 5.92 Å². The van der Waals surface area contributed by atoms with E-state index in [9.17, 15) is 4.79 Å². The van der Waals surface area contributed by atoms with Gasteiger partial charge in [0, 0.05) is 19.0 Å². The van der Waals surface area contributed by atoms with Gasteiger partial charge in [0.25, 0.3) is 0 Å². The molecule has 3 atom stereocenters. The number of nitrogens with two attached hydrogens (primary N) is 1. The zero-order valence-corrected chi connectivity index (χ0v) is 11.1. The van der Waals surface area contributed by atoms with Crippen molar-refractivity contribution < 1.29 is 4.79 Å². The molecule has 1 heterocycles. The molecule has 0 aromatic rings. The topological polar surface area (TPSA) is 46.3 Å². The Kier molecular flexibility index (Phi) is 4.78. The average molecular weight is 226 g/mol. The number of carbonyl (C=O) groups excluding carboxylic acids is 1. The zero-order chi connectivity index (χ0) is 12.3. The predicted molar refractivity (Wildman–Crippen MR) is 66.9 cm³/mol. The first kappa shape index (κ1) is 13.5. The second-order valence-corrected chi connectivity index (χ2v) is 5.58. The number of rotatable bonds is 3. The van der Waals surface area contributed by atoms with Crippen LogP contribution in [0.15, 0.2) is 0 Å². The lowest BCUT2D eigenvalue weighted by atomic mass is 9.86. The van der Waals surface area contributed by atoms with Crippen LogP contribution < -0.4 is 5.73 Å². The minimum atomic E-state index is 0.131. The third-order valence-electron chi connectivity index (χ3n) is 4.12. The maximum atomic E-state index is 12.2. The maximum Gasteiger partial charge on any atom is 0.225 e. The quantitative estimate of drug-likeness (QED) is 0.796. The van der Waals surface area contributed by atoms with Gasteiger partial charge in [0.1, 0.15) is 0 Å². The normalized spacial score (nSPS) is 28.2. The summed E-state index contributed by atoms with van der Waals surface area (Å²) in [5.41, 5.74) is 5.75. The van der Waals surface area contributed by atoms with E-state index in [2.05, 4.69) is 20.8 Å². The lowest BCUT2D eigenvalue weighted by Gasteiger charge is -2.38. The number of nitrogens with zero attached hydrogens (tertiary/aromatic N) is 1. The fraction of sp³-hybridized carbons (Fsp3) is 0.923. The summed E-state index contributed by atoms with van der Waals surface area (Å²) in [6.45, 7) is 10.9. The van der Waals surface area contributed by atoms with Crippen molar-refractivity contribution in [3.05, 3.63) is 0 Å². The fourth-order valence-electron chi connectivity index (χ4n) is 2.23. The Hall–Kier alpha value is -0.570. The monoisotopic (exact) mass is 226 g/mol. The molecule has 0 bridgehead atoms. The van der Waals surface area contributed by atoms with Gasteiger partial charge in [0.05, 0.1) is 0 Å². The molecule has 1 amide bonds. The highest BCUT2D eigenvalue weighted by atomic mass is 16.2. The van der Waals surface area contributed by atoms with Gasteiger partial charge < -0.3 is 10.6 Å². The lowest BCUT2D eigenvalue weighted by Crippen LogP contribution is -2.47. The van der Waals surface area contributed by atoms with Crippen LogP contribution in [0.3, 0.4) is 0 Å². The molecule has 1 rings (SSSR count). The molecule has 1 aliphatic rings. The van der Waals surface area contributed by atoms with E-state index >= 15 is 0 Å². The van der Waals surface area contributed by atoms with Gasteiger partial charge in [0.2, 0.25) is 5.91 Å². The number of carbonyl (C=O) groups is 1. The molecule has 3 heteroatoms. The molecule has 1 saturated heterocycles. The fourth-order valence-corrected chi connectivity index (χ4v) is 2.23. The highest BCUT2D eigenvalue weighted by Gasteiger charge is 2.30. The van der Waals surface area contributed by atoms with Crippen LogP contribution in [0.4, 0.5) is 0 Å². The van der Waals surface area contributed by atoms with Gasteiger partial charge in [-0.25, -0.2) is 0 Å². The molecule has 0 spiro atoms. The van der Waals surface area contributed by atoms with Gasteiger partial charge in [0.15, 0.2) is 0 Å². The molecule has 0 aliphatic carbocycles. The average Bonchev–Trinajstić information content (AvgIpc) is 2.27. The summed E-state index contributed by atoms with van der Waals surface area (Å²) in [5, 5.41) is 0. The van der Waals surface area contributed by atoms with Crippen LogP contribution in [0.1, 0.15) is 34.1 Å². The molecule has 0 aromatic carbocycles. The lowest BCUT2D eigenvalue weighted by molar-refractivity contribution is -0.138. The highest BCUT2D eigenvalue weighted by Crippen LogP contribution is 2.24. The Bertz CT molecular complexity index is 240. The summed E-state index contributed by atoms with van der Waals surface area (Å²) < 4.78 is 0. The molecule has 0 aromatic heterocycles. The van der Waals surface area contributed by atoms with Crippen LogP contribution in [0.25, 0.3) is 0 Å². The molecule has 3 nitrogen and oxygen atoms in total. The van der Waals surface area contributed by atoms with Gasteiger partial charge in [-0.1, -0.05) is 27.7 Å². The van der Waals surface area contributed by atoms with Gasteiger partial charge >= 0.3 is 0 Å². The van der Waals surface area contributed by atoms with Crippen LogP contribution in [0.5, 0.6) is 0 Å². The number of hydrogen-bond donors (Lipinski definition) is 1. The first-order valence-electron chi connectivity index (χ1n) is 6.46. The molecule has 1 fully saturated rings. The van der Waals surface area contributed by atoms with Crippen molar-refractivity contribution in [2.45, 2.75) is 34.1 Å². The highest BCUT2D eigenvalue weighted by molar-refractivity contribution is 5.78. The van der Waals surface area contributed by atoms with Crippen LogP contribution >= 0.6 is 0 Å². The SMILES string of the molecule is CC(C)C(C)C(=O)N1CCC(C)C(CN)C1. The third-order valence-corrected chi connectivity index (χ3v) is 4.12. The first-order chi connectivity index (χ1) is 7.47. The van der Waals surface area contributed by atoms with Gasteiger partial charge in [-0.2, -0.15) is 0 Å². The van der Waals surface area contributed by atoms with Crippen LogP contribution in [0, 0.1) is 23.7 Å². The minimum Gasteiger partial charge on any atom is -0.342 e. The maximum absolute atomic E-state index is 12.2. The van der Waals surface area contributed by atoms with Crippen molar-refractivity contribution in [3.63, 3.8) is 0 Å². The van der Waals surface area contributed by atoms with E-state index in [0.29, 0.717) is 30.2 Å². The Morgan fingerprint density at radius 2 is 2.06 bits per heavy atom. The predicted octanol–water partition coefficient (Wildman–Crippen LogP) is 1.72. The summed E-state index contributed by atoms with van der Waals surface area (Å²) >= 11 is 0. The zero-order valence-electron chi connectivity index (χ0n) is 11.1. The summed E-state index contributed by atoms with van der Waals surface area (Å²) in [6.07, 6.45) is 1.10. The molecule has 3 unspecified atom stereocenters. The minimum absolute atomic E-state index is 0.131. The van der Waals surface area contributed by atoms with E-state index in [1.54, 1.807) is 0 Å². The van der Waals surface area contributed by atoms with Crippen molar-refractivity contribution in [1.29, 1.82) is 0 Å². The molecule has 2 N–H and O–H groups in total. The van der Waals surface area contributed by atoms with Crippen molar-refractivity contribution >= 4 is 5.91 Å². The Balaban J connectivity index is 2.58. The summed E-state index contributed by atoms with van der Waals surface area (Å²) in [6, 6.07) is 0. The molecule has 16 heavy (non-hydrogen) atoms. The Morgan fingerprint density at radius 3 is 2.56 bits per heavy atom. The standard InChI is InChI=1S/C13H26N2O/c1-9(2)11(4)13(16)15-6-5-10(3)12(7-14)8-15/h9-12H,5-8,14H2,1-4H3. The second kappa shape index (κ2) is 5.67. The number of likely N-dealkylation sites (tertiary alicyclic amines) is 1. The van der Waals surface area contributed by atoms with E-state index in [0.717, 1.165) is 19.5 Å². The Labute approximate surface area is 99.4 Å². The molecular formula is C13H26N2O. The van der Waals surface area contributed by atoms with Crippen molar-refractivity contribution in [3.8, 4) is 0 Å². The van der Waals surface area contributed by atoms with Gasteiger partial charge in [-0.05, 0) is 30.7 Å². The number of hydrogen-bond acceptors (Lipinski definition) is 2. The second-order valence-electron chi connectivity index (χ2n) is 5.58.